The van der Waals surface area contributed by atoms with E-state index in [1.165, 1.54) is 0 Å². The zero-order valence-electron chi connectivity index (χ0n) is 18.0. The number of nitrogens with zero attached hydrogens (tertiary/aromatic N) is 2. The zero-order valence-corrected chi connectivity index (χ0v) is 18.0. The van der Waals surface area contributed by atoms with Crippen molar-refractivity contribution in [2.24, 2.45) is 0 Å². The van der Waals surface area contributed by atoms with Crippen molar-refractivity contribution < 1.29 is 9.53 Å². The van der Waals surface area contributed by atoms with E-state index in [0.717, 1.165) is 22.2 Å². The van der Waals surface area contributed by atoms with Gasteiger partial charge in [-0.3, -0.25) is 9.59 Å². The van der Waals surface area contributed by atoms with Crippen LogP contribution >= 0.6 is 0 Å². The van der Waals surface area contributed by atoms with Crippen LogP contribution < -0.4 is 15.5 Å². The number of carbonyl (C=O) groups is 1. The molecule has 2 aromatic carbocycles. The maximum Gasteiger partial charge on any atom is 0.257 e. The van der Waals surface area contributed by atoms with Crippen molar-refractivity contribution in [1.82, 2.24) is 14.9 Å². The second kappa shape index (κ2) is 9.36. The molecule has 0 aliphatic heterocycles. The number of ether oxygens (including phenoxy) is 1. The average molecular weight is 425 g/mol. The number of hydrogen-bond donors (Lipinski definition) is 1. The molecule has 0 aliphatic carbocycles. The lowest BCUT2D eigenvalue weighted by molar-refractivity contribution is 0.0957. The molecule has 0 saturated carbocycles. The molecule has 0 atom stereocenters. The molecular formula is C26H23N3O3. The molecule has 0 aliphatic rings. The Hall–Kier alpha value is -4.11. The van der Waals surface area contributed by atoms with E-state index in [4.69, 9.17) is 4.74 Å². The number of fused-ring (bicyclic) bond motifs is 2. The first kappa shape index (κ1) is 21.1. The van der Waals surface area contributed by atoms with E-state index in [1.807, 2.05) is 60.9 Å². The summed E-state index contributed by atoms with van der Waals surface area (Å²) in [6, 6.07) is 17.3. The standard InChI is InChI=1S/C26H23N3O3/c1-3-29-17-22(24(30)21-14-13-18(2)28-25(21)29)26(31)27-15-6-7-16-32-23-12-8-10-19-9-4-5-11-20(19)23/h4-5,8-14,17H,3,15-16H2,1-2H3,(H,27,31). The van der Waals surface area contributed by atoms with Gasteiger partial charge in [0, 0.05) is 23.8 Å². The molecule has 0 saturated heterocycles. The lowest BCUT2D eigenvalue weighted by atomic mass is 10.1. The Bertz CT molecular complexity index is 1420. The zero-order chi connectivity index (χ0) is 22.5. The highest BCUT2D eigenvalue weighted by Crippen LogP contribution is 2.24. The molecule has 0 radical (unpaired) electrons. The van der Waals surface area contributed by atoms with Crippen LogP contribution in [-0.4, -0.2) is 28.6 Å². The quantitative estimate of drug-likeness (QED) is 0.495. The first-order valence-corrected chi connectivity index (χ1v) is 10.4. The van der Waals surface area contributed by atoms with Gasteiger partial charge in [-0.05, 0) is 37.4 Å². The number of nitrogens with one attached hydrogen (secondary N) is 1. The van der Waals surface area contributed by atoms with Crippen LogP contribution in [0.25, 0.3) is 21.8 Å². The predicted molar refractivity (Wildman–Crippen MR) is 126 cm³/mol. The van der Waals surface area contributed by atoms with Gasteiger partial charge in [0.2, 0.25) is 5.43 Å². The van der Waals surface area contributed by atoms with Gasteiger partial charge in [0.05, 0.1) is 11.9 Å². The summed E-state index contributed by atoms with van der Waals surface area (Å²) >= 11 is 0. The van der Waals surface area contributed by atoms with Gasteiger partial charge in [-0.25, -0.2) is 4.98 Å². The van der Waals surface area contributed by atoms with Crippen LogP contribution in [-0.2, 0) is 6.54 Å². The van der Waals surface area contributed by atoms with Crippen molar-refractivity contribution in [3.63, 3.8) is 0 Å². The molecule has 0 fully saturated rings. The van der Waals surface area contributed by atoms with Gasteiger partial charge in [0.1, 0.15) is 23.6 Å². The highest BCUT2D eigenvalue weighted by Gasteiger charge is 2.15. The van der Waals surface area contributed by atoms with E-state index >= 15 is 0 Å². The number of rotatable bonds is 5. The average Bonchev–Trinajstić information content (AvgIpc) is 2.81. The van der Waals surface area contributed by atoms with Gasteiger partial charge in [-0.1, -0.05) is 48.2 Å². The van der Waals surface area contributed by atoms with E-state index in [9.17, 15) is 9.59 Å². The monoisotopic (exact) mass is 425 g/mol. The second-order valence-electron chi connectivity index (χ2n) is 7.28. The van der Waals surface area contributed by atoms with E-state index in [-0.39, 0.29) is 24.1 Å². The Morgan fingerprint density at radius 1 is 1.06 bits per heavy atom. The Balaban J connectivity index is 1.41. The molecule has 4 aromatic rings. The van der Waals surface area contributed by atoms with Crippen molar-refractivity contribution in [2.45, 2.75) is 20.4 Å². The van der Waals surface area contributed by atoms with Crippen LogP contribution in [0, 0.1) is 18.8 Å². The van der Waals surface area contributed by atoms with E-state index in [1.54, 1.807) is 18.3 Å². The summed E-state index contributed by atoms with van der Waals surface area (Å²) in [4.78, 5) is 29.8. The van der Waals surface area contributed by atoms with Gasteiger partial charge in [-0.15, -0.1) is 0 Å². The Morgan fingerprint density at radius 2 is 1.88 bits per heavy atom. The number of carbonyl (C=O) groups excluding carboxylic acids is 1. The van der Waals surface area contributed by atoms with Crippen molar-refractivity contribution >= 4 is 27.7 Å². The molecule has 1 N–H and O–H groups in total. The summed E-state index contributed by atoms with van der Waals surface area (Å²) in [5, 5.41) is 5.25. The lowest BCUT2D eigenvalue weighted by Gasteiger charge is -2.11. The van der Waals surface area contributed by atoms with E-state index in [0.29, 0.717) is 17.6 Å². The van der Waals surface area contributed by atoms with Gasteiger partial charge in [0.25, 0.3) is 5.91 Å². The highest BCUT2D eigenvalue weighted by molar-refractivity contribution is 5.97. The van der Waals surface area contributed by atoms with Gasteiger partial charge in [0.15, 0.2) is 0 Å². The number of aromatic nitrogens is 2. The normalized spacial score (nSPS) is 10.6. The van der Waals surface area contributed by atoms with Crippen LogP contribution in [0.2, 0.25) is 0 Å². The molecular weight excluding hydrogens is 402 g/mol. The number of amides is 1. The SMILES string of the molecule is CCn1cc(C(=O)NCC#CCOc2cccc3ccccc23)c(=O)c2ccc(C)nc21. The van der Waals surface area contributed by atoms with E-state index in [2.05, 4.69) is 22.1 Å². The van der Waals surface area contributed by atoms with Crippen molar-refractivity contribution in [1.29, 1.82) is 0 Å². The summed E-state index contributed by atoms with van der Waals surface area (Å²) in [7, 11) is 0. The Kier molecular flexibility index (Phi) is 6.18. The largest absolute Gasteiger partial charge is 0.480 e. The van der Waals surface area contributed by atoms with Crippen LogP contribution in [0.4, 0.5) is 0 Å². The fraction of sp³-hybridized carbons (Fsp3) is 0.192. The summed E-state index contributed by atoms with van der Waals surface area (Å²) in [5.74, 6) is 6.08. The third-order valence-corrected chi connectivity index (χ3v) is 5.16. The molecule has 0 unspecified atom stereocenters. The maximum atomic E-state index is 12.8. The maximum absolute atomic E-state index is 12.8. The third kappa shape index (κ3) is 4.33. The molecule has 0 bridgehead atoms. The van der Waals surface area contributed by atoms with Crippen molar-refractivity contribution in [3.8, 4) is 17.6 Å². The highest BCUT2D eigenvalue weighted by atomic mass is 16.5. The van der Waals surface area contributed by atoms with Gasteiger partial charge >= 0.3 is 0 Å². The first-order chi connectivity index (χ1) is 15.6. The van der Waals surface area contributed by atoms with Crippen molar-refractivity contribution in [3.05, 3.63) is 82.3 Å². The summed E-state index contributed by atoms with van der Waals surface area (Å²) < 4.78 is 7.58. The fourth-order valence-corrected chi connectivity index (χ4v) is 3.53. The number of hydrogen-bond acceptors (Lipinski definition) is 4. The Morgan fingerprint density at radius 3 is 2.72 bits per heavy atom. The summed E-state index contributed by atoms with van der Waals surface area (Å²) in [6.07, 6.45) is 1.56. The number of benzene rings is 2. The minimum Gasteiger partial charge on any atom is -0.480 e. The van der Waals surface area contributed by atoms with Crippen LogP contribution in [0.15, 0.2) is 65.6 Å². The number of aryl methyl sites for hydroxylation is 2. The van der Waals surface area contributed by atoms with Gasteiger partial charge < -0.3 is 14.6 Å². The molecule has 32 heavy (non-hydrogen) atoms. The third-order valence-electron chi connectivity index (χ3n) is 5.16. The lowest BCUT2D eigenvalue weighted by Crippen LogP contribution is -2.30. The minimum absolute atomic E-state index is 0.0822. The molecule has 6 heteroatoms. The Labute approximate surface area is 185 Å². The minimum atomic E-state index is -0.455. The smallest absolute Gasteiger partial charge is 0.257 e. The first-order valence-electron chi connectivity index (χ1n) is 10.4. The molecule has 6 nitrogen and oxygen atoms in total. The molecule has 0 spiro atoms. The predicted octanol–water partition coefficient (Wildman–Crippen LogP) is 3.69. The summed E-state index contributed by atoms with van der Waals surface area (Å²) in [6.45, 7) is 4.73. The topological polar surface area (TPSA) is 73.2 Å². The number of pyridine rings is 2. The fourth-order valence-electron chi connectivity index (χ4n) is 3.53. The second-order valence-corrected chi connectivity index (χ2v) is 7.28. The molecule has 2 aromatic heterocycles. The molecule has 1 amide bonds. The summed E-state index contributed by atoms with van der Waals surface area (Å²) in [5.41, 5.74) is 1.15. The van der Waals surface area contributed by atoms with Crippen molar-refractivity contribution in [2.75, 3.05) is 13.2 Å². The van der Waals surface area contributed by atoms with Gasteiger partial charge in [-0.2, -0.15) is 0 Å². The van der Waals surface area contributed by atoms with E-state index < -0.39 is 5.91 Å². The van der Waals surface area contributed by atoms with Crippen LogP contribution in [0.5, 0.6) is 5.75 Å². The molecule has 160 valence electrons. The molecule has 2 heterocycles. The van der Waals surface area contributed by atoms with Crippen LogP contribution in [0.1, 0.15) is 23.0 Å². The van der Waals surface area contributed by atoms with Crippen LogP contribution in [0.3, 0.4) is 0 Å². The molecule has 4 rings (SSSR count).